The Morgan fingerprint density at radius 1 is 1.32 bits per heavy atom. The van der Waals surface area contributed by atoms with E-state index >= 15 is 0 Å². The van der Waals surface area contributed by atoms with Gasteiger partial charge >= 0.3 is 0 Å². The standard InChI is InChI=1S/C14H22N2O2S/c1-11-4-5-14(8-12(11)2)19(17,18)16-7-6-13(10-16)9-15-3/h4-5,8,13,15H,6-7,9-10H2,1-3H3/t13-/m0/s1. The molecule has 0 radical (unpaired) electrons. The summed E-state index contributed by atoms with van der Waals surface area (Å²) in [5.74, 6) is 0.423. The molecule has 2 rings (SSSR count). The topological polar surface area (TPSA) is 49.4 Å². The molecule has 1 aromatic rings. The predicted molar refractivity (Wildman–Crippen MR) is 76.7 cm³/mol. The van der Waals surface area contributed by atoms with Crippen LogP contribution in [0.5, 0.6) is 0 Å². The first-order chi connectivity index (χ1) is 8.95. The summed E-state index contributed by atoms with van der Waals surface area (Å²) in [5.41, 5.74) is 2.14. The summed E-state index contributed by atoms with van der Waals surface area (Å²) >= 11 is 0. The molecule has 1 N–H and O–H groups in total. The molecule has 5 heteroatoms. The van der Waals surface area contributed by atoms with Crippen molar-refractivity contribution in [1.29, 1.82) is 0 Å². The molecular formula is C14H22N2O2S. The summed E-state index contributed by atoms with van der Waals surface area (Å²) in [5, 5.41) is 3.12. The van der Waals surface area contributed by atoms with E-state index in [2.05, 4.69) is 5.32 Å². The maximum absolute atomic E-state index is 12.6. The van der Waals surface area contributed by atoms with E-state index in [0.29, 0.717) is 23.9 Å². The van der Waals surface area contributed by atoms with Crippen LogP contribution in [0.25, 0.3) is 0 Å². The van der Waals surface area contributed by atoms with Gasteiger partial charge in [-0.25, -0.2) is 8.42 Å². The van der Waals surface area contributed by atoms with Crippen molar-refractivity contribution in [3.05, 3.63) is 29.3 Å². The van der Waals surface area contributed by atoms with Gasteiger partial charge in [0, 0.05) is 13.1 Å². The van der Waals surface area contributed by atoms with E-state index in [1.165, 1.54) is 0 Å². The van der Waals surface area contributed by atoms with Gasteiger partial charge in [-0.05, 0) is 63.0 Å². The van der Waals surface area contributed by atoms with Crippen LogP contribution in [0, 0.1) is 19.8 Å². The number of nitrogens with one attached hydrogen (secondary N) is 1. The third kappa shape index (κ3) is 2.99. The monoisotopic (exact) mass is 282 g/mol. The molecule has 1 fully saturated rings. The van der Waals surface area contributed by atoms with Crippen molar-refractivity contribution in [2.75, 3.05) is 26.7 Å². The van der Waals surface area contributed by atoms with Gasteiger partial charge in [-0.2, -0.15) is 4.31 Å². The van der Waals surface area contributed by atoms with Crippen LogP contribution in [-0.4, -0.2) is 39.4 Å². The third-order valence-corrected chi connectivity index (χ3v) is 5.72. The highest BCUT2D eigenvalue weighted by molar-refractivity contribution is 7.89. The van der Waals surface area contributed by atoms with Crippen molar-refractivity contribution in [3.63, 3.8) is 0 Å². The van der Waals surface area contributed by atoms with Gasteiger partial charge in [-0.1, -0.05) is 6.07 Å². The SMILES string of the molecule is CNC[C@@H]1CCN(S(=O)(=O)c2ccc(C)c(C)c2)C1. The number of sulfonamides is 1. The average Bonchev–Trinajstić information content (AvgIpc) is 2.82. The van der Waals surface area contributed by atoms with Crippen LogP contribution in [0.4, 0.5) is 0 Å². The van der Waals surface area contributed by atoms with Crippen LogP contribution >= 0.6 is 0 Å². The summed E-state index contributed by atoms with van der Waals surface area (Å²) in [6.07, 6.45) is 0.935. The van der Waals surface area contributed by atoms with Gasteiger partial charge in [0.2, 0.25) is 10.0 Å². The molecule has 1 aliphatic heterocycles. The first-order valence-corrected chi connectivity index (χ1v) is 8.11. The van der Waals surface area contributed by atoms with Crippen LogP contribution in [0.2, 0.25) is 0 Å². The molecule has 19 heavy (non-hydrogen) atoms. The van der Waals surface area contributed by atoms with Crippen molar-refractivity contribution in [1.82, 2.24) is 9.62 Å². The zero-order valence-corrected chi connectivity index (χ0v) is 12.6. The van der Waals surface area contributed by atoms with Gasteiger partial charge in [-0.3, -0.25) is 0 Å². The Balaban J connectivity index is 2.21. The molecule has 1 atom stereocenters. The van der Waals surface area contributed by atoms with Crippen molar-refractivity contribution in [2.45, 2.75) is 25.2 Å². The summed E-state index contributed by atoms with van der Waals surface area (Å²) in [7, 11) is -1.42. The molecule has 0 saturated carbocycles. The average molecular weight is 282 g/mol. The van der Waals surface area contributed by atoms with Gasteiger partial charge in [0.15, 0.2) is 0 Å². The summed E-state index contributed by atoms with van der Waals surface area (Å²) in [4.78, 5) is 0.417. The molecule has 0 bridgehead atoms. The number of rotatable bonds is 4. The van der Waals surface area contributed by atoms with E-state index in [-0.39, 0.29) is 0 Å². The molecule has 1 saturated heterocycles. The molecule has 106 valence electrons. The Labute approximate surface area is 115 Å². The quantitative estimate of drug-likeness (QED) is 0.911. The maximum Gasteiger partial charge on any atom is 0.243 e. The van der Waals surface area contributed by atoms with Crippen LogP contribution in [-0.2, 0) is 10.0 Å². The zero-order chi connectivity index (χ0) is 14.0. The van der Waals surface area contributed by atoms with Gasteiger partial charge in [0.05, 0.1) is 4.90 Å². The lowest BCUT2D eigenvalue weighted by molar-refractivity contribution is 0.451. The molecular weight excluding hydrogens is 260 g/mol. The Kier molecular flexibility index (Phi) is 4.28. The minimum absolute atomic E-state index is 0.417. The molecule has 0 unspecified atom stereocenters. The highest BCUT2D eigenvalue weighted by atomic mass is 32.2. The Morgan fingerprint density at radius 3 is 2.68 bits per heavy atom. The van der Waals surface area contributed by atoms with Gasteiger partial charge < -0.3 is 5.32 Å². The molecule has 4 nitrogen and oxygen atoms in total. The van der Waals surface area contributed by atoms with Crippen molar-refractivity contribution in [3.8, 4) is 0 Å². The Morgan fingerprint density at radius 2 is 2.05 bits per heavy atom. The highest BCUT2D eigenvalue weighted by Crippen LogP contribution is 2.25. The van der Waals surface area contributed by atoms with Crippen molar-refractivity contribution < 1.29 is 8.42 Å². The second-order valence-electron chi connectivity index (χ2n) is 5.32. The van der Waals surface area contributed by atoms with Crippen LogP contribution in [0.1, 0.15) is 17.5 Å². The van der Waals surface area contributed by atoms with Gasteiger partial charge in [0.1, 0.15) is 0 Å². The molecule has 0 aliphatic carbocycles. The zero-order valence-electron chi connectivity index (χ0n) is 11.8. The minimum Gasteiger partial charge on any atom is -0.319 e. The molecule has 0 aromatic heterocycles. The normalized spacial score (nSPS) is 20.9. The number of aryl methyl sites for hydroxylation is 2. The fraction of sp³-hybridized carbons (Fsp3) is 0.571. The number of nitrogens with zero attached hydrogens (tertiary/aromatic N) is 1. The fourth-order valence-corrected chi connectivity index (χ4v) is 4.11. The predicted octanol–water partition coefficient (Wildman–Crippen LogP) is 1.53. The smallest absolute Gasteiger partial charge is 0.243 e. The van der Waals surface area contributed by atoms with Crippen LogP contribution in [0.15, 0.2) is 23.1 Å². The fourth-order valence-electron chi connectivity index (χ4n) is 2.49. The van der Waals surface area contributed by atoms with E-state index < -0.39 is 10.0 Å². The van der Waals surface area contributed by atoms with Crippen LogP contribution in [0.3, 0.4) is 0 Å². The molecule has 1 aliphatic rings. The second kappa shape index (κ2) is 5.61. The molecule has 0 amide bonds. The molecule has 1 aromatic carbocycles. The first-order valence-electron chi connectivity index (χ1n) is 6.67. The summed E-state index contributed by atoms with van der Waals surface area (Å²) < 4.78 is 26.7. The minimum atomic E-state index is -3.32. The summed E-state index contributed by atoms with van der Waals surface area (Å²) in [6, 6.07) is 5.36. The number of benzene rings is 1. The molecule has 1 heterocycles. The lowest BCUT2D eigenvalue weighted by Gasteiger charge is -2.17. The third-order valence-electron chi connectivity index (χ3n) is 3.86. The lowest BCUT2D eigenvalue weighted by atomic mass is 10.1. The highest BCUT2D eigenvalue weighted by Gasteiger charge is 2.32. The van der Waals surface area contributed by atoms with Gasteiger partial charge in [0.25, 0.3) is 0 Å². The van der Waals surface area contributed by atoms with E-state index in [1.54, 1.807) is 16.4 Å². The number of hydrogen-bond donors (Lipinski definition) is 1. The second-order valence-corrected chi connectivity index (χ2v) is 7.26. The van der Waals surface area contributed by atoms with E-state index in [0.717, 1.165) is 24.1 Å². The van der Waals surface area contributed by atoms with E-state index in [1.807, 2.05) is 27.0 Å². The largest absolute Gasteiger partial charge is 0.319 e. The number of hydrogen-bond acceptors (Lipinski definition) is 3. The molecule has 0 spiro atoms. The van der Waals surface area contributed by atoms with E-state index in [4.69, 9.17) is 0 Å². The van der Waals surface area contributed by atoms with E-state index in [9.17, 15) is 8.42 Å². The van der Waals surface area contributed by atoms with Crippen molar-refractivity contribution >= 4 is 10.0 Å². The van der Waals surface area contributed by atoms with Gasteiger partial charge in [-0.15, -0.1) is 0 Å². The Hall–Kier alpha value is -0.910. The lowest BCUT2D eigenvalue weighted by Crippen LogP contribution is -2.30. The first kappa shape index (κ1) is 14.5. The van der Waals surface area contributed by atoms with Crippen LogP contribution < -0.4 is 5.32 Å². The van der Waals surface area contributed by atoms with Crippen molar-refractivity contribution in [2.24, 2.45) is 5.92 Å². The maximum atomic E-state index is 12.6. The Bertz CT molecular complexity index is 555. The summed E-state index contributed by atoms with van der Waals surface area (Å²) in [6.45, 7) is 6.06.